The van der Waals surface area contributed by atoms with E-state index < -0.39 is 11.8 Å². The average Bonchev–Trinajstić information content (AvgIpc) is 3.64. The highest BCUT2D eigenvalue weighted by atomic mass is 32.2. The van der Waals surface area contributed by atoms with E-state index in [-0.39, 0.29) is 42.2 Å². The number of thioether (sulfide) groups is 1. The first kappa shape index (κ1) is 40.8. The van der Waals surface area contributed by atoms with E-state index in [1.807, 2.05) is 11.8 Å². The molecule has 2 saturated heterocycles. The lowest BCUT2D eigenvalue weighted by Crippen LogP contribution is -2.36. The van der Waals surface area contributed by atoms with Gasteiger partial charge in [-0.25, -0.2) is 14.8 Å². The van der Waals surface area contributed by atoms with Gasteiger partial charge in [0, 0.05) is 54.5 Å². The van der Waals surface area contributed by atoms with E-state index >= 15 is 0 Å². The van der Waals surface area contributed by atoms with Crippen LogP contribution in [0.2, 0.25) is 0 Å². The summed E-state index contributed by atoms with van der Waals surface area (Å²) in [5.41, 5.74) is 3.55. The lowest BCUT2D eigenvalue weighted by atomic mass is 9.99. The molecular formula is C39H46F3N9O4S. The van der Waals surface area contributed by atoms with Crippen molar-refractivity contribution in [1.82, 2.24) is 30.8 Å². The van der Waals surface area contributed by atoms with Gasteiger partial charge in [0.15, 0.2) is 0 Å². The Hall–Kier alpha value is -4.86. The van der Waals surface area contributed by atoms with Gasteiger partial charge in [-0.2, -0.15) is 34.5 Å². The van der Waals surface area contributed by atoms with Crippen LogP contribution in [0.3, 0.4) is 0 Å². The van der Waals surface area contributed by atoms with Crippen molar-refractivity contribution in [2.45, 2.75) is 87.5 Å². The van der Waals surface area contributed by atoms with Crippen molar-refractivity contribution in [2.75, 3.05) is 44.3 Å². The number of hydrogen-bond donors (Lipinski definition) is 4. The van der Waals surface area contributed by atoms with Crippen LogP contribution in [0.1, 0.15) is 72.3 Å². The number of hydrogen-bond acceptors (Lipinski definition) is 11. The zero-order valence-corrected chi connectivity index (χ0v) is 32.2. The van der Waals surface area contributed by atoms with Gasteiger partial charge in [-0.1, -0.05) is 54.4 Å². The summed E-state index contributed by atoms with van der Waals surface area (Å²) >= 11 is 1.90. The highest BCUT2D eigenvalue weighted by molar-refractivity contribution is 8.00. The van der Waals surface area contributed by atoms with Crippen molar-refractivity contribution in [3.05, 3.63) is 76.2 Å². The van der Waals surface area contributed by atoms with Crippen LogP contribution in [0.15, 0.2) is 52.7 Å². The van der Waals surface area contributed by atoms with Crippen molar-refractivity contribution >= 4 is 35.7 Å². The van der Waals surface area contributed by atoms with Gasteiger partial charge in [-0.15, -0.1) is 10.2 Å². The first-order valence-corrected chi connectivity index (χ1v) is 19.9. The van der Waals surface area contributed by atoms with Crippen molar-refractivity contribution in [3.63, 3.8) is 0 Å². The molecule has 4 aliphatic rings. The maximum atomic E-state index is 13.7. The van der Waals surface area contributed by atoms with E-state index in [1.165, 1.54) is 23.3 Å². The van der Waals surface area contributed by atoms with E-state index in [1.54, 1.807) is 12.1 Å². The molecule has 56 heavy (non-hydrogen) atoms. The van der Waals surface area contributed by atoms with Crippen LogP contribution < -0.4 is 21.3 Å². The Kier molecular flexibility index (Phi) is 13.1. The smallest absolute Gasteiger partial charge is 0.369 e. The molecule has 298 valence electrons. The quantitative estimate of drug-likeness (QED) is 0.0796. The highest BCUT2D eigenvalue weighted by Gasteiger charge is 2.65. The number of urea groups is 1. The number of nitrogens with one attached hydrogen (secondary N) is 4. The maximum absolute atomic E-state index is 13.7. The van der Waals surface area contributed by atoms with E-state index in [0.717, 1.165) is 73.6 Å². The molecule has 13 nitrogen and oxygen atoms in total. The van der Waals surface area contributed by atoms with Crippen molar-refractivity contribution in [3.8, 4) is 11.1 Å². The maximum Gasteiger partial charge on any atom is 0.442 e. The lowest BCUT2D eigenvalue weighted by Gasteiger charge is -2.18. The minimum Gasteiger partial charge on any atom is -0.369 e. The van der Waals surface area contributed by atoms with Gasteiger partial charge >= 0.3 is 24.0 Å². The van der Waals surface area contributed by atoms with E-state index in [4.69, 9.17) is 19.6 Å². The summed E-state index contributed by atoms with van der Waals surface area (Å²) in [6.45, 7) is 5.10. The number of fused-ring (bicyclic) bond motifs is 4. The molecule has 2 aromatic carbocycles. The highest BCUT2D eigenvalue weighted by Crippen LogP contribution is 2.52. The number of carbonyl (C=O) groups is 2. The van der Waals surface area contributed by atoms with Gasteiger partial charge in [-0.3, -0.25) is 4.79 Å². The summed E-state index contributed by atoms with van der Waals surface area (Å²) < 4.78 is 41.0. The predicted octanol–water partition coefficient (Wildman–Crippen LogP) is 5.51. The fraction of sp³-hybridized carbons (Fsp3) is 0.513. The first-order chi connectivity index (χ1) is 26.9. The van der Waals surface area contributed by atoms with Crippen molar-refractivity contribution < 1.29 is 32.3 Å². The van der Waals surface area contributed by atoms with Crippen LogP contribution in [-0.4, -0.2) is 95.4 Å². The Labute approximate surface area is 327 Å². The Morgan fingerprint density at radius 1 is 1.04 bits per heavy atom. The molecule has 4 heterocycles. The van der Waals surface area contributed by atoms with Gasteiger partial charge in [-0.05, 0) is 69.4 Å². The number of aromatic nitrogens is 2. The third-order valence-electron chi connectivity index (χ3n) is 10.4. The number of unbranched alkanes of at least 4 members (excludes halogenated alkanes) is 1. The molecule has 3 atom stereocenters. The molecule has 0 saturated carbocycles. The van der Waals surface area contributed by atoms with E-state index in [9.17, 15) is 22.8 Å². The van der Waals surface area contributed by atoms with Crippen molar-refractivity contribution in [2.24, 2.45) is 10.2 Å². The molecule has 0 spiro atoms. The molecule has 3 amide bonds. The van der Waals surface area contributed by atoms with Gasteiger partial charge in [0.2, 0.25) is 5.91 Å². The van der Waals surface area contributed by atoms with E-state index in [0.29, 0.717) is 42.6 Å². The Bertz CT molecular complexity index is 1970. The second kappa shape index (κ2) is 17.9. The van der Waals surface area contributed by atoms with Crippen LogP contribution in [-0.2, 0) is 32.9 Å². The Balaban J connectivity index is 0.00000172. The number of nitrogens with zero attached hydrogens (tertiary/aromatic N) is 5. The topological polar surface area (TPSA) is 170 Å². The fourth-order valence-corrected chi connectivity index (χ4v) is 9.14. The largest absolute Gasteiger partial charge is 0.442 e. The van der Waals surface area contributed by atoms with Gasteiger partial charge < -0.3 is 26.2 Å². The van der Waals surface area contributed by atoms with Gasteiger partial charge in [0.1, 0.15) is 11.6 Å². The standard InChI is InChI=1S/C38H46F3N9O2S.CO2/c1-23-12-13-27-25(18-23)21-28-33(27)35(46-31(44-28)20-24-8-5-9-26(19-24)37(48-49-37)38(39,40)41)43-15-7-17-50(2)16-6-14-42-32(51)11-4-3-10-30-34-29(22-53-30)45-36(52)47-34;2-1-3/h5,8-9,12-13,18-19,29-30,34H,3-4,6-7,10-11,14-17,20-22H2,1-2H3,(H,42,51)(H,43,44,46)(H2,45,47,52);/t29-,30-,34-;/m0./s1. The molecular weight excluding hydrogens is 748 g/mol. The van der Waals surface area contributed by atoms with E-state index in [2.05, 4.69) is 68.6 Å². The summed E-state index contributed by atoms with van der Waals surface area (Å²) in [6, 6.07) is 13.0. The Morgan fingerprint density at radius 3 is 2.55 bits per heavy atom. The molecule has 0 radical (unpaired) electrons. The van der Waals surface area contributed by atoms with Crippen molar-refractivity contribution in [1.29, 1.82) is 0 Å². The number of alkyl halides is 3. The molecule has 0 unspecified atom stereocenters. The molecule has 4 N–H and O–H groups in total. The zero-order valence-electron chi connectivity index (χ0n) is 31.4. The third-order valence-corrected chi connectivity index (χ3v) is 11.9. The predicted molar refractivity (Wildman–Crippen MR) is 204 cm³/mol. The molecule has 2 fully saturated rings. The molecule has 1 aliphatic carbocycles. The normalized spacial score (nSPS) is 19.5. The second-order valence-corrected chi connectivity index (χ2v) is 15.9. The van der Waals surface area contributed by atoms with Crippen LogP contribution >= 0.6 is 11.8 Å². The number of anilines is 1. The lowest BCUT2D eigenvalue weighted by molar-refractivity contribution is -0.191. The molecule has 7 rings (SSSR count). The molecule has 0 bridgehead atoms. The van der Waals surface area contributed by atoms with Crippen LogP contribution in [0.25, 0.3) is 11.1 Å². The number of halogens is 3. The molecule has 3 aromatic rings. The Morgan fingerprint density at radius 2 is 1.80 bits per heavy atom. The van der Waals surface area contributed by atoms with Gasteiger partial charge in [0.25, 0.3) is 0 Å². The second-order valence-electron chi connectivity index (χ2n) is 14.6. The van der Waals surface area contributed by atoms with Gasteiger partial charge in [0.05, 0.1) is 17.8 Å². The number of benzene rings is 2. The minimum atomic E-state index is -4.59. The van der Waals surface area contributed by atoms with Crippen LogP contribution in [0, 0.1) is 6.92 Å². The first-order valence-electron chi connectivity index (χ1n) is 18.9. The summed E-state index contributed by atoms with van der Waals surface area (Å²) in [4.78, 5) is 52.3. The zero-order chi connectivity index (χ0) is 39.9. The average molecular weight is 794 g/mol. The molecule has 17 heteroatoms. The SMILES string of the molecule is Cc1ccc2c(c1)Cc1nc(Cc3cccc(C4(C(F)(F)F)N=N4)c3)nc(NCCCN(C)CCCNC(=O)CCCC[C@@H]3SC[C@@H]4NC(=O)N[C@@H]43)c1-2.O=C=O. The van der Waals surface area contributed by atoms with Crippen LogP contribution in [0.4, 0.5) is 23.8 Å². The summed E-state index contributed by atoms with van der Waals surface area (Å²) in [5.74, 6) is 2.32. The molecule has 3 aliphatic heterocycles. The third kappa shape index (κ3) is 9.74. The summed E-state index contributed by atoms with van der Waals surface area (Å²) in [5, 5.41) is 19.7. The monoisotopic (exact) mass is 793 g/mol. The number of amides is 3. The fourth-order valence-electron chi connectivity index (χ4n) is 7.60. The molecule has 1 aromatic heterocycles. The summed E-state index contributed by atoms with van der Waals surface area (Å²) in [6.07, 6.45) is 1.68. The summed E-state index contributed by atoms with van der Waals surface area (Å²) in [7, 11) is 2.08. The minimum absolute atomic E-state index is 0.000366. The van der Waals surface area contributed by atoms with Crippen LogP contribution in [0.5, 0.6) is 0 Å². The number of rotatable bonds is 17. The number of aryl methyl sites for hydroxylation is 1. The number of carbonyl (C=O) groups excluding carboxylic acids is 4.